The van der Waals surface area contributed by atoms with Gasteiger partial charge in [0.25, 0.3) is 0 Å². The van der Waals surface area contributed by atoms with Gasteiger partial charge < -0.3 is 9.30 Å². The molecule has 0 amide bonds. The summed E-state index contributed by atoms with van der Waals surface area (Å²) in [5, 5.41) is 0.704. The second kappa shape index (κ2) is 7.67. The van der Waals surface area contributed by atoms with Gasteiger partial charge in [0.05, 0.1) is 6.33 Å². The van der Waals surface area contributed by atoms with Gasteiger partial charge in [0.2, 0.25) is 0 Å². The van der Waals surface area contributed by atoms with Crippen LogP contribution in [0.3, 0.4) is 0 Å². The summed E-state index contributed by atoms with van der Waals surface area (Å²) in [5.74, 6) is 0. The number of benzene rings is 1. The SMILES string of the molecule is CCCCOC(c1ccc(Cl)cc1)C(Cl)n1ccnc1. The number of hydrogen-bond donors (Lipinski definition) is 0. The maximum absolute atomic E-state index is 6.53. The summed E-state index contributed by atoms with van der Waals surface area (Å²) in [7, 11) is 0. The van der Waals surface area contributed by atoms with Crippen LogP contribution in [0.2, 0.25) is 5.02 Å². The van der Waals surface area contributed by atoms with Crippen LogP contribution in [0.5, 0.6) is 0 Å². The molecule has 1 aromatic heterocycles. The Labute approximate surface area is 129 Å². The Morgan fingerprint density at radius 1 is 1.30 bits per heavy atom. The van der Waals surface area contributed by atoms with Crippen LogP contribution in [0.15, 0.2) is 43.0 Å². The van der Waals surface area contributed by atoms with Gasteiger partial charge in [0.1, 0.15) is 11.6 Å². The van der Waals surface area contributed by atoms with E-state index < -0.39 is 0 Å². The molecule has 5 heteroatoms. The van der Waals surface area contributed by atoms with Gasteiger partial charge >= 0.3 is 0 Å². The molecule has 0 aliphatic heterocycles. The van der Waals surface area contributed by atoms with E-state index in [1.165, 1.54) is 0 Å². The van der Waals surface area contributed by atoms with Crippen molar-refractivity contribution < 1.29 is 4.74 Å². The van der Waals surface area contributed by atoms with Crippen LogP contribution in [-0.4, -0.2) is 16.2 Å². The minimum Gasteiger partial charge on any atom is -0.370 e. The maximum atomic E-state index is 6.53. The second-order valence-electron chi connectivity index (χ2n) is 4.58. The number of alkyl halides is 1. The first-order valence-corrected chi connectivity index (χ1v) is 7.52. The van der Waals surface area contributed by atoms with Crippen LogP contribution in [-0.2, 0) is 4.74 Å². The number of aromatic nitrogens is 2. The van der Waals surface area contributed by atoms with Gasteiger partial charge in [0.15, 0.2) is 0 Å². The Hall–Kier alpha value is -1.03. The molecule has 1 heterocycles. The Bertz CT molecular complexity index is 499. The molecule has 0 saturated carbocycles. The molecular formula is C15H18Cl2N2O. The van der Waals surface area contributed by atoms with E-state index in [1.54, 1.807) is 12.5 Å². The lowest BCUT2D eigenvalue weighted by atomic mass is 10.1. The van der Waals surface area contributed by atoms with Crippen molar-refractivity contribution in [2.45, 2.75) is 31.4 Å². The lowest BCUT2D eigenvalue weighted by Gasteiger charge is -2.24. The topological polar surface area (TPSA) is 27.1 Å². The minimum atomic E-state index is -0.337. The fourth-order valence-electron chi connectivity index (χ4n) is 1.91. The van der Waals surface area contributed by atoms with E-state index >= 15 is 0 Å². The Morgan fingerprint density at radius 3 is 2.65 bits per heavy atom. The first-order valence-electron chi connectivity index (χ1n) is 6.71. The minimum absolute atomic E-state index is 0.227. The zero-order chi connectivity index (χ0) is 14.4. The number of ether oxygens (including phenoxy) is 1. The van der Waals surface area contributed by atoms with Gasteiger partial charge in [-0.3, -0.25) is 0 Å². The second-order valence-corrected chi connectivity index (χ2v) is 5.46. The van der Waals surface area contributed by atoms with Crippen LogP contribution in [0.1, 0.15) is 36.9 Å². The number of hydrogen-bond acceptors (Lipinski definition) is 2. The molecule has 3 nitrogen and oxygen atoms in total. The molecule has 108 valence electrons. The van der Waals surface area contributed by atoms with E-state index in [0.29, 0.717) is 11.6 Å². The van der Waals surface area contributed by atoms with Crippen molar-refractivity contribution in [2.24, 2.45) is 0 Å². The number of unbranched alkanes of at least 4 members (excludes halogenated alkanes) is 1. The zero-order valence-electron chi connectivity index (χ0n) is 11.4. The van der Waals surface area contributed by atoms with Gasteiger partial charge in [0, 0.05) is 24.0 Å². The Balaban J connectivity index is 2.17. The third-order valence-corrected chi connectivity index (χ3v) is 3.76. The highest BCUT2D eigenvalue weighted by Crippen LogP contribution is 2.33. The predicted octanol–water partition coefficient (Wildman–Crippen LogP) is 4.83. The summed E-state index contributed by atoms with van der Waals surface area (Å²) >= 11 is 12.5. The molecule has 0 aliphatic rings. The fourth-order valence-corrected chi connectivity index (χ4v) is 2.37. The molecule has 0 radical (unpaired) electrons. The molecule has 2 unspecified atom stereocenters. The average Bonchev–Trinajstić information content (AvgIpc) is 2.98. The normalized spacial score (nSPS) is 14.2. The quantitative estimate of drug-likeness (QED) is 0.540. The molecule has 0 saturated heterocycles. The molecular weight excluding hydrogens is 295 g/mol. The molecule has 0 bridgehead atoms. The van der Waals surface area contributed by atoms with E-state index in [0.717, 1.165) is 18.4 Å². The highest BCUT2D eigenvalue weighted by molar-refractivity contribution is 6.30. The van der Waals surface area contributed by atoms with Gasteiger partial charge in [-0.1, -0.05) is 48.7 Å². The summed E-state index contributed by atoms with van der Waals surface area (Å²) in [6, 6.07) is 7.60. The molecule has 0 N–H and O–H groups in total. The highest BCUT2D eigenvalue weighted by atomic mass is 35.5. The van der Waals surface area contributed by atoms with Crippen LogP contribution in [0, 0.1) is 0 Å². The van der Waals surface area contributed by atoms with Gasteiger partial charge in [-0.25, -0.2) is 4.98 Å². The molecule has 20 heavy (non-hydrogen) atoms. The van der Waals surface area contributed by atoms with Crippen molar-refractivity contribution in [3.8, 4) is 0 Å². The van der Waals surface area contributed by atoms with Crippen molar-refractivity contribution >= 4 is 23.2 Å². The summed E-state index contributed by atoms with van der Waals surface area (Å²) in [4.78, 5) is 4.03. The summed E-state index contributed by atoms with van der Waals surface area (Å²) in [6.07, 6.45) is 7.12. The molecule has 0 fully saturated rings. The largest absolute Gasteiger partial charge is 0.370 e. The molecule has 2 atom stereocenters. The van der Waals surface area contributed by atoms with E-state index in [9.17, 15) is 0 Å². The van der Waals surface area contributed by atoms with Crippen molar-refractivity contribution in [1.29, 1.82) is 0 Å². The van der Waals surface area contributed by atoms with E-state index in [1.807, 2.05) is 35.0 Å². The Morgan fingerprint density at radius 2 is 2.05 bits per heavy atom. The third-order valence-electron chi connectivity index (χ3n) is 3.05. The van der Waals surface area contributed by atoms with Crippen molar-refractivity contribution in [1.82, 2.24) is 9.55 Å². The average molecular weight is 313 g/mol. The molecule has 1 aromatic carbocycles. The maximum Gasteiger partial charge on any atom is 0.139 e. The summed E-state index contributed by atoms with van der Waals surface area (Å²) < 4.78 is 7.81. The number of rotatable bonds is 7. The van der Waals surface area contributed by atoms with E-state index in [4.69, 9.17) is 27.9 Å². The first kappa shape index (κ1) is 15.4. The van der Waals surface area contributed by atoms with Crippen LogP contribution in [0.25, 0.3) is 0 Å². The number of nitrogens with zero attached hydrogens (tertiary/aromatic N) is 2. The third kappa shape index (κ3) is 3.98. The van der Waals surface area contributed by atoms with Crippen molar-refractivity contribution in [2.75, 3.05) is 6.61 Å². The van der Waals surface area contributed by atoms with Gasteiger partial charge in [-0.2, -0.15) is 0 Å². The first-order chi connectivity index (χ1) is 9.72. The van der Waals surface area contributed by atoms with Crippen molar-refractivity contribution in [3.05, 3.63) is 53.6 Å². The monoisotopic (exact) mass is 312 g/mol. The zero-order valence-corrected chi connectivity index (χ0v) is 12.9. The van der Waals surface area contributed by atoms with E-state index in [-0.39, 0.29) is 11.6 Å². The number of halogens is 2. The van der Waals surface area contributed by atoms with Crippen LogP contribution in [0.4, 0.5) is 0 Å². The molecule has 0 aliphatic carbocycles. The molecule has 0 spiro atoms. The predicted molar refractivity (Wildman–Crippen MR) is 82.2 cm³/mol. The summed E-state index contributed by atoms with van der Waals surface area (Å²) in [5.41, 5.74) is 0.676. The lowest BCUT2D eigenvalue weighted by Crippen LogP contribution is -2.16. The van der Waals surface area contributed by atoms with Crippen molar-refractivity contribution in [3.63, 3.8) is 0 Å². The lowest BCUT2D eigenvalue weighted by molar-refractivity contribution is 0.0342. The smallest absolute Gasteiger partial charge is 0.139 e. The standard InChI is InChI=1S/C15H18Cl2N2O/c1-2-3-10-20-14(12-4-6-13(16)7-5-12)15(17)19-9-8-18-11-19/h4-9,11,14-15H,2-3,10H2,1H3. The van der Waals surface area contributed by atoms with E-state index in [2.05, 4.69) is 11.9 Å². The Kier molecular flexibility index (Phi) is 5.89. The number of imidazole rings is 1. The highest BCUT2D eigenvalue weighted by Gasteiger charge is 2.23. The van der Waals surface area contributed by atoms with Crippen LogP contribution >= 0.6 is 23.2 Å². The molecule has 2 aromatic rings. The van der Waals surface area contributed by atoms with Gasteiger partial charge in [-0.05, 0) is 24.1 Å². The van der Waals surface area contributed by atoms with Crippen LogP contribution < -0.4 is 0 Å². The van der Waals surface area contributed by atoms with Gasteiger partial charge in [-0.15, -0.1) is 0 Å². The molecule has 2 rings (SSSR count). The summed E-state index contributed by atoms with van der Waals surface area (Å²) in [6.45, 7) is 2.82. The fraction of sp³-hybridized carbons (Fsp3) is 0.400.